The summed E-state index contributed by atoms with van der Waals surface area (Å²) in [4.78, 5) is 33.8. The standard InChI is InChI=1S/C24H19N3O2S/c1-16-25-21-10-6-5-9-20(21)24(26-16)30-15-22(28)17-11-13-19(14-12-17)27-23(29)18-7-3-2-4-8-18/h2-14H,15H2,1H3,(H,27,29). The zero-order valence-corrected chi connectivity index (χ0v) is 17.1. The van der Waals surface area contributed by atoms with Crippen LogP contribution in [0.4, 0.5) is 5.69 Å². The van der Waals surface area contributed by atoms with Gasteiger partial charge in [0.05, 0.1) is 11.3 Å². The first kappa shape index (κ1) is 19.8. The predicted molar refractivity (Wildman–Crippen MR) is 120 cm³/mol. The molecule has 1 N–H and O–H groups in total. The largest absolute Gasteiger partial charge is 0.322 e. The van der Waals surface area contributed by atoms with Crippen LogP contribution in [0.5, 0.6) is 0 Å². The molecule has 0 unspecified atom stereocenters. The number of aromatic nitrogens is 2. The van der Waals surface area contributed by atoms with Gasteiger partial charge < -0.3 is 5.32 Å². The normalized spacial score (nSPS) is 10.7. The Morgan fingerprint density at radius 2 is 1.53 bits per heavy atom. The van der Waals surface area contributed by atoms with Gasteiger partial charge in [-0.05, 0) is 49.4 Å². The van der Waals surface area contributed by atoms with Crippen molar-refractivity contribution in [2.75, 3.05) is 11.1 Å². The molecule has 0 saturated heterocycles. The number of ketones is 1. The molecule has 0 saturated carbocycles. The van der Waals surface area contributed by atoms with E-state index in [-0.39, 0.29) is 17.4 Å². The van der Waals surface area contributed by atoms with Crippen LogP contribution < -0.4 is 5.32 Å². The molecule has 0 atom stereocenters. The third-order valence-electron chi connectivity index (χ3n) is 4.52. The van der Waals surface area contributed by atoms with Crippen LogP contribution in [0.25, 0.3) is 10.9 Å². The highest BCUT2D eigenvalue weighted by Gasteiger charge is 2.12. The number of rotatable bonds is 6. The third-order valence-corrected chi connectivity index (χ3v) is 5.51. The molecule has 4 aromatic rings. The molecule has 4 rings (SSSR count). The Morgan fingerprint density at radius 1 is 0.833 bits per heavy atom. The minimum absolute atomic E-state index is 0.00119. The van der Waals surface area contributed by atoms with E-state index in [0.29, 0.717) is 22.6 Å². The molecule has 3 aromatic carbocycles. The summed E-state index contributed by atoms with van der Waals surface area (Å²) < 4.78 is 0. The van der Waals surface area contributed by atoms with Crippen LogP contribution in [0.15, 0.2) is 83.9 Å². The smallest absolute Gasteiger partial charge is 0.255 e. The van der Waals surface area contributed by atoms with E-state index in [9.17, 15) is 9.59 Å². The summed E-state index contributed by atoms with van der Waals surface area (Å²) in [5.74, 6) is 0.774. The maximum Gasteiger partial charge on any atom is 0.255 e. The van der Waals surface area contributed by atoms with Gasteiger partial charge in [0.1, 0.15) is 10.9 Å². The number of anilines is 1. The fourth-order valence-electron chi connectivity index (χ4n) is 3.02. The summed E-state index contributed by atoms with van der Waals surface area (Å²) in [6.45, 7) is 1.85. The van der Waals surface area contributed by atoms with E-state index in [0.717, 1.165) is 15.9 Å². The fraction of sp³-hybridized carbons (Fsp3) is 0.0833. The zero-order chi connectivity index (χ0) is 20.9. The highest BCUT2D eigenvalue weighted by atomic mass is 32.2. The SMILES string of the molecule is Cc1nc(SCC(=O)c2ccc(NC(=O)c3ccccc3)cc2)c2ccccc2n1. The van der Waals surface area contributed by atoms with Crippen molar-refractivity contribution >= 4 is 40.0 Å². The Morgan fingerprint density at radius 3 is 2.30 bits per heavy atom. The van der Waals surface area contributed by atoms with Gasteiger partial charge in [-0.15, -0.1) is 0 Å². The highest BCUT2D eigenvalue weighted by molar-refractivity contribution is 8.00. The number of nitrogens with zero attached hydrogens (tertiary/aromatic N) is 2. The predicted octanol–water partition coefficient (Wildman–Crippen LogP) is 5.17. The quantitative estimate of drug-likeness (QED) is 0.268. The molecule has 5 nitrogen and oxygen atoms in total. The van der Waals surface area contributed by atoms with Crippen LogP contribution in [0.2, 0.25) is 0 Å². The van der Waals surface area contributed by atoms with Crippen molar-refractivity contribution in [2.45, 2.75) is 11.9 Å². The van der Waals surface area contributed by atoms with Gasteiger partial charge >= 0.3 is 0 Å². The summed E-state index contributed by atoms with van der Waals surface area (Å²) in [6.07, 6.45) is 0. The molecule has 148 valence electrons. The van der Waals surface area contributed by atoms with E-state index in [1.54, 1.807) is 36.4 Å². The van der Waals surface area contributed by atoms with Gasteiger partial charge in [0.2, 0.25) is 0 Å². The van der Waals surface area contributed by atoms with Gasteiger partial charge in [-0.2, -0.15) is 0 Å². The minimum atomic E-state index is -0.184. The number of Topliss-reactive ketones (excluding diaryl/α,β-unsaturated/α-hetero) is 1. The number of para-hydroxylation sites is 1. The number of hydrogen-bond donors (Lipinski definition) is 1. The van der Waals surface area contributed by atoms with E-state index in [4.69, 9.17) is 0 Å². The summed E-state index contributed by atoms with van der Waals surface area (Å²) in [6, 6.07) is 23.7. The minimum Gasteiger partial charge on any atom is -0.322 e. The zero-order valence-electron chi connectivity index (χ0n) is 16.3. The Labute approximate surface area is 178 Å². The van der Waals surface area contributed by atoms with E-state index in [1.165, 1.54) is 11.8 Å². The molecule has 0 radical (unpaired) electrons. The Bertz CT molecular complexity index is 1210. The third kappa shape index (κ3) is 4.55. The number of amides is 1. The van der Waals surface area contributed by atoms with Crippen LogP contribution in [-0.4, -0.2) is 27.4 Å². The lowest BCUT2D eigenvalue weighted by Crippen LogP contribution is -2.11. The Kier molecular flexibility index (Phi) is 5.86. The van der Waals surface area contributed by atoms with Crippen molar-refractivity contribution in [1.82, 2.24) is 9.97 Å². The molecule has 1 amide bonds. The molecule has 0 aliphatic carbocycles. The second-order valence-corrected chi connectivity index (χ2v) is 7.67. The molecule has 1 aromatic heterocycles. The lowest BCUT2D eigenvalue weighted by molar-refractivity contribution is 0.101. The van der Waals surface area contributed by atoms with Crippen LogP contribution in [-0.2, 0) is 0 Å². The number of carbonyl (C=O) groups excluding carboxylic acids is 2. The van der Waals surface area contributed by atoms with Crippen molar-refractivity contribution < 1.29 is 9.59 Å². The first-order chi connectivity index (χ1) is 14.6. The molecule has 0 spiro atoms. The summed E-state index contributed by atoms with van der Waals surface area (Å²) in [5.41, 5.74) is 2.70. The number of thioether (sulfide) groups is 1. The van der Waals surface area contributed by atoms with Gasteiger partial charge in [0, 0.05) is 22.2 Å². The van der Waals surface area contributed by atoms with Crippen LogP contribution >= 0.6 is 11.8 Å². The molecule has 0 aliphatic heterocycles. The second kappa shape index (κ2) is 8.88. The average Bonchev–Trinajstić information content (AvgIpc) is 2.78. The van der Waals surface area contributed by atoms with Crippen LogP contribution in [0.1, 0.15) is 26.5 Å². The van der Waals surface area contributed by atoms with Crippen molar-refractivity contribution in [3.63, 3.8) is 0 Å². The first-order valence-corrected chi connectivity index (χ1v) is 10.4. The van der Waals surface area contributed by atoms with E-state index < -0.39 is 0 Å². The molecular formula is C24H19N3O2S. The highest BCUT2D eigenvalue weighted by Crippen LogP contribution is 2.26. The van der Waals surface area contributed by atoms with Crippen LogP contribution in [0.3, 0.4) is 0 Å². The van der Waals surface area contributed by atoms with Crippen molar-refractivity contribution in [3.05, 3.63) is 95.8 Å². The number of nitrogens with one attached hydrogen (secondary N) is 1. The number of fused-ring (bicyclic) bond motifs is 1. The summed E-state index contributed by atoms with van der Waals surface area (Å²) in [5, 5.41) is 4.58. The van der Waals surface area contributed by atoms with Gasteiger partial charge in [-0.1, -0.05) is 48.2 Å². The molecule has 1 heterocycles. The maximum atomic E-state index is 12.6. The molecule has 0 fully saturated rings. The van der Waals surface area contributed by atoms with E-state index in [2.05, 4.69) is 15.3 Å². The second-order valence-electron chi connectivity index (χ2n) is 6.70. The van der Waals surface area contributed by atoms with E-state index in [1.807, 2.05) is 49.4 Å². The maximum absolute atomic E-state index is 12.6. The summed E-state index contributed by atoms with van der Waals surface area (Å²) in [7, 11) is 0. The number of carbonyl (C=O) groups is 2. The summed E-state index contributed by atoms with van der Waals surface area (Å²) >= 11 is 1.41. The topological polar surface area (TPSA) is 72.0 Å². The molecule has 6 heteroatoms. The van der Waals surface area contributed by atoms with Crippen molar-refractivity contribution in [1.29, 1.82) is 0 Å². The Balaban J connectivity index is 1.42. The van der Waals surface area contributed by atoms with Gasteiger partial charge in [0.25, 0.3) is 5.91 Å². The van der Waals surface area contributed by atoms with Crippen LogP contribution in [0, 0.1) is 6.92 Å². The van der Waals surface area contributed by atoms with Gasteiger partial charge in [0.15, 0.2) is 5.78 Å². The van der Waals surface area contributed by atoms with Crippen molar-refractivity contribution in [3.8, 4) is 0 Å². The molecule has 0 bridgehead atoms. The van der Waals surface area contributed by atoms with E-state index >= 15 is 0 Å². The lowest BCUT2D eigenvalue weighted by Gasteiger charge is -2.08. The number of benzene rings is 3. The first-order valence-electron chi connectivity index (χ1n) is 9.46. The Hall–Kier alpha value is -3.51. The average molecular weight is 414 g/mol. The fourth-order valence-corrected chi connectivity index (χ4v) is 3.98. The lowest BCUT2D eigenvalue weighted by atomic mass is 10.1. The van der Waals surface area contributed by atoms with Crippen molar-refractivity contribution in [2.24, 2.45) is 0 Å². The number of aryl methyl sites for hydroxylation is 1. The van der Waals surface area contributed by atoms with Gasteiger partial charge in [-0.3, -0.25) is 9.59 Å². The van der Waals surface area contributed by atoms with Gasteiger partial charge in [-0.25, -0.2) is 9.97 Å². The molecule has 30 heavy (non-hydrogen) atoms. The molecule has 0 aliphatic rings. The molecular weight excluding hydrogens is 394 g/mol. The monoisotopic (exact) mass is 413 g/mol. The number of hydrogen-bond acceptors (Lipinski definition) is 5.